The number of hydrogen-bond donors (Lipinski definition) is 0. The van der Waals surface area contributed by atoms with E-state index in [1.54, 1.807) is 18.2 Å². The van der Waals surface area contributed by atoms with Crippen molar-refractivity contribution in [1.82, 2.24) is 0 Å². The van der Waals surface area contributed by atoms with E-state index < -0.39 is 5.97 Å². The number of benzene rings is 1. The van der Waals surface area contributed by atoms with Crippen molar-refractivity contribution in [1.29, 1.82) is 0 Å². The summed E-state index contributed by atoms with van der Waals surface area (Å²) in [6, 6.07) is 4.88. The first-order valence-corrected chi connectivity index (χ1v) is 5.23. The van der Waals surface area contributed by atoms with Gasteiger partial charge in [-0.05, 0) is 12.1 Å². The van der Waals surface area contributed by atoms with E-state index in [4.69, 9.17) is 27.9 Å². The lowest BCUT2D eigenvalue weighted by Crippen LogP contribution is -2.09. The van der Waals surface area contributed by atoms with Gasteiger partial charge in [-0.2, -0.15) is 0 Å². The van der Waals surface area contributed by atoms with E-state index in [0.29, 0.717) is 10.0 Å². The normalized spacial score (nSPS) is 9.77. The second kappa shape index (κ2) is 4.84. The molecule has 0 saturated heterocycles. The van der Waals surface area contributed by atoms with Crippen molar-refractivity contribution in [3.8, 4) is 5.75 Å². The zero-order valence-corrected chi connectivity index (χ0v) is 9.49. The highest BCUT2D eigenvalue weighted by atomic mass is 79.9. The average molecular weight is 284 g/mol. The number of ether oxygens (including phenoxy) is 1. The Balaban J connectivity index is 2.93. The number of halogens is 3. The van der Waals surface area contributed by atoms with Crippen molar-refractivity contribution in [2.75, 3.05) is 5.33 Å². The van der Waals surface area contributed by atoms with Crippen LogP contribution < -0.4 is 4.74 Å². The maximum absolute atomic E-state index is 10.9. The Labute approximate surface area is 93.9 Å². The van der Waals surface area contributed by atoms with E-state index in [-0.39, 0.29) is 11.1 Å². The van der Waals surface area contributed by atoms with Gasteiger partial charge in [0, 0.05) is 0 Å². The quantitative estimate of drug-likeness (QED) is 0.473. The Morgan fingerprint density at radius 1 is 1.38 bits per heavy atom. The molecule has 5 heteroatoms. The van der Waals surface area contributed by atoms with Crippen LogP contribution in [0.1, 0.15) is 0 Å². The smallest absolute Gasteiger partial charge is 0.322 e. The Bertz CT molecular complexity index is 308. The third kappa shape index (κ3) is 2.86. The molecule has 0 N–H and O–H groups in total. The van der Waals surface area contributed by atoms with Crippen molar-refractivity contribution < 1.29 is 9.53 Å². The summed E-state index contributed by atoms with van der Waals surface area (Å²) in [7, 11) is 0. The highest BCUT2D eigenvalue weighted by Gasteiger charge is 2.10. The van der Waals surface area contributed by atoms with Crippen molar-refractivity contribution in [3.63, 3.8) is 0 Å². The molecule has 13 heavy (non-hydrogen) atoms. The van der Waals surface area contributed by atoms with Crippen molar-refractivity contribution in [2.45, 2.75) is 0 Å². The van der Waals surface area contributed by atoms with Crippen LogP contribution in [-0.2, 0) is 4.79 Å². The van der Waals surface area contributed by atoms with Gasteiger partial charge in [0.05, 0.1) is 10.0 Å². The van der Waals surface area contributed by atoms with E-state index in [0.717, 1.165) is 0 Å². The molecule has 1 aromatic rings. The third-order valence-corrected chi connectivity index (χ3v) is 2.30. The van der Waals surface area contributed by atoms with Crippen LogP contribution in [-0.4, -0.2) is 11.3 Å². The lowest BCUT2D eigenvalue weighted by molar-refractivity contribution is -0.131. The molecule has 0 unspecified atom stereocenters. The number of carbonyl (C=O) groups is 1. The molecule has 1 aromatic carbocycles. The molecule has 0 saturated carbocycles. The number of para-hydroxylation sites is 1. The number of carbonyl (C=O) groups excluding carboxylic acids is 1. The molecule has 0 spiro atoms. The van der Waals surface area contributed by atoms with Crippen molar-refractivity contribution in [3.05, 3.63) is 28.2 Å². The van der Waals surface area contributed by atoms with Gasteiger partial charge in [0.2, 0.25) is 0 Å². The molecule has 70 valence electrons. The summed E-state index contributed by atoms with van der Waals surface area (Å²) in [6.45, 7) is 0. The lowest BCUT2D eigenvalue weighted by atomic mass is 10.3. The van der Waals surface area contributed by atoms with E-state index in [1.807, 2.05) is 0 Å². The maximum atomic E-state index is 10.9. The minimum atomic E-state index is -0.435. The zero-order valence-electron chi connectivity index (χ0n) is 6.39. The van der Waals surface area contributed by atoms with Gasteiger partial charge in [-0.3, -0.25) is 4.79 Å². The van der Waals surface area contributed by atoms with Gasteiger partial charge in [-0.25, -0.2) is 0 Å². The largest absolute Gasteiger partial charge is 0.423 e. The van der Waals surface area contributed by atoms with Crippen LogP contribution in [0, 0.1) is 0 Å². The van der Waals surface area contributed by atoms with Crippen LogP contribution in [0.15, 0.2) is 18.2 Å². The average Bonchev–Trinajstić information content (AvgIpc) is 2.11. The van der Waals surface area contributed by atoms with E-state index >= 15 is 0 Å². The Hall–Kier alpha value is -0.250. The Kier molecular flexibility index (Phi) is 4.03. The molecule has 0 amide bonds. The molecule has 2 nitrogen and oxygen atoms in total. The summed E-state index contributed by atoms with van der Waals surface area (Å²) in [5, 5.41) is 0.748. The number of alkyl halides is 1. The summed E-state index contributed by atoms with van der Waals surface area (Å²) < 4.78 is 4.88. The van der Waals surface area contributed by atoms with Gasteiger partial charge < -0.3 is 4.74 Å². The Morgan fingerprint density at radius 2 is 1.92 bits per heavy atom. The molecule has 0 aliphatic rings. The number of hydrogen-bond acceptors (Lipinski definition) is 2. The van der Waals surface area contributed by atoms with Crippen molar-refractivity contribution in [2.24, 2.45) is 0 Å². The van der Waals surface area contributed by atoms with E-state index in [9.17, 15) is 4.79 Å². The highest BCUT2D eigenvalue weighted by molar-refractivity contribution is 9.09. The van der Waals surface area contributed by atoms with Crippen molar-refractivity contribution >= 4 is 45.1 Å². The van der Waals surface area contributed by atoms with Crippen LogP contribution >= 0.6 is 39.1 Å². The minimum Gasteiger partial charge on any atom is -0.423 e. The molecule has 0 atom stereocenters. The molecule has 1 rings (SSSR count). The molecule has 0 heterocycles. The molecule has 0 aromatic heterocycles. The van der Waals surface area contributed by atoms with Gasteiger partial charge in [-0.1, -0.05) is 45.2 Å². The first kappa shape index (κ1) is 10.8. The number of rotatable bonds is 2. The van der Waals surface area contributed by atoms with Crippen LogP contribution in [0.4, 0.5) is 0 Å². The number of esters is 1. The topological polar surface area (TPSA) is 26.3 Å². The summed E-state index contributed by atoms with van der Waals surface area (Å²) in [5.74, 6) is -0.231. The minimum absolute atomic E-state index is 0.106. The molecule has 0 bridgehead atoms. The summed E-state index contributed by atoms with van der Waals surface area (Å²) in [4.78, 5) is 10.9. The second-order valence-electron chi connectivity index (χ2n) is 2.16. The Morgan fingerprint density at radius 3 is 2.38 bits per heavy atom. The van der Waals surface area contributed by atoms with Crippen LogP contribution in [0.2, 0.25) is 10.0 Å². The fourth-order valence-corrected chi connectivity index (χ4v) is 1.31. The van der Waals surface area contributed by atoms with Gasteiger partial charge in [0.15, 0.2) is 5.75 Å². The summed E-state index contributed by atoms with van der Waals surface area (Å²) in [6.07, 6.45) is 0. The van der Waals surface area contributed by atoms with Crippen LogP contribution in [0.3, 0.4) is 0 Å². The SMILES string of the molecule is O=C(CBr)Oc1c(Cl)cccc1Cl. The highest BCUT2D eigenvalue weighted by Crippen LogP contribution is 2.32. The second-order valence-corrected chi connectivity index (χ2v) is 3.53. The molecule has 0 fully saturated rings. The van der Waals surface area contributed by atoms with Gasteiger partial charge in [0.25, 0.3) is 0 Å². The van der Waals surface area contributed by atoms with Gasteiger partial charge in [0.1, 0.15) is 5.33 Å². The summed E-state index contributed by atoms with van der Waals surface area (Å²) in [5.41, 5.74) is 0. The summed E-state index contributed by atoms with van der Waals surface area (Å²) >= 11 is 14.5. The predicted molar refractivity (Wildman–Crippen MR) is 55.9 cm³/mol. The van der Waals surface area contributed by atoms with Gasteiger partial charge >= 0.3 is 5.97 Å². The first-order valence-electron chi connectivity index (χ1n) is 3.36. The fraction of sp³-hybridized carbons (Fsp3) is 0.125. The van der Waals surface area contributed by atoms with E-state index in [2.05, 4.69) is 15.9 Å². The molecule has 0 aliphatic heterocycles. The molecule has 0 radical (unpaired) electrons. The van der Waals surface area contributed by atoms with Crippen LogP contribution in [0.25, 0.3) is 0 Å². The maximum Gasteiger partial charge on any atom is 0.322 e. The monoisotopic (exact) mass is 282 g/mol. The molecule has 0 aliphatic carbocycles. The van der Waals surface area contributed by atoms with Crippen LogP contribution in [0.5, 0.6) is 5.75 Å². The lowest BCUT2D eigenvalue weighted by Gasteiger charge is -2.05. The van der Waals surface area contributed by atoms with Gasteiger partial charge in [-0.15, -0.1) is 0 Å². The first-order chi connectivity index (χ1) is 6.15. The molecular formula is C8H5BrCl2O2. The third-order valence-electron chi connectivity index (χ3n) is 1.24. The standard InChI is InChI=1S/C8H5BrCl2O2/c9-4-7(12)13-8-5(10)2-1-3-6(8)11/h1-3H,4H2. The molecular weight excluding hydrogens is 279 g/mol. The fourth-order valence-electron chi connectivity index (χ4n) is 0.721. The van der Waals surface area contributed by atoms with E-state index in [1.165, 1.54) is 0 Å². The zero-order chi connectivity index (χ0) is 9.84. The predicted octanol–water partition coefficient (Wildman–Crippen LogP) is 3.29.